The van der Waals surface area contributed by atoms with Gasteiger partial charge in [0, 0.05) is 12.8 Å². The van der Waals surface area contributed by atoms with Gasteiger partial charge in [-0.2, -0.15) is 0 Å². The zero-order chi connectivity index (χ0) is 9.47. The molecule has 3 N–H and O–H groups in total. The number of hydrogen-bond donors (Lipinski definition) is 2. The number of carbonyl (C=O) groups excluding carboxylic acids is 2. The van der Waals surface area contributed by atoms with Crippen LogP contribution in [0.1, 0.15) is 19.3 Å². The van der Waals surface area contributed by atoms with Crippen molar-refractivity contribution in [2.45, 2.75) is 30.9 Å². The Labute approximate surface area is 75.6 Å². The Kier molecular flexibility index (Phi) is 1.76. The summed E-state index contributed by atoms with van der Waals surface area (Å²) >= 11 is 0. The molecule has 0 aromatic carbocycles. The number of nitrogens with two attached hydrogens (primary N) is 1. The van der Waals surface area contributed by atoms with Crippen LogP contribution in [-0.4, -0.2) is 30.1 Å². The molecule has 0 aromatic rings. The van der Waals surface area contributed by atoms with Crippen LogP contribution in [0.2, 0.25) is 0 Å². The third-order valence-corrected chi connectivity index (χ3v) is 2.56. The Morgan fingerprint density at radius 3 is 2.38 bits per heavy atom. The van der Waals surface area contributed by atoms with Crippen LogP contribution >= 0.6 is 0 Å². The number of amides is 1. The van der Waals surface area contributed by atoms with Gasteiger partial charge in [-0.15, -0.1) is 0 Å². The predicted octanol–water partition coefficient (Wildman–Crippen LogP) is -1.09. The number of esters is 1. The Balaban J connectivity index is 1.90. The number of nitrogens with one attached hydrogen (secondary N) is 1. The Morgan fingerprint density at radius 2 is 2.08 bits per heavy atom. The van der Waals surface area contributed by atoms with Crippen molar-refractivity contribution in [2.24, 2.45) is 5.73 Å². The molecule has 72 valence electrons. The van der Waals surface area contributed by atoms with Gasteiger partial charge in [-0.1, -0.05) is 0 Å². The molecule has 1 saturated heterocycles. The van der Waals surface area contributed by atoms with Gasteiger partial charge in [-0.05, 0) is 13.0 Å². The number of rotatable bonds is 3. The van der Waals surface area contributed by atoms with Crippen LogP contribution < -0.4 is 11.1 Å². The Hall–Kier alpha value is -1.10. The zero-order valence-corrected chi connectivity index (χ0v) is 7.21. The van der Waals surface area contributed by atoms with Crippen LogP contribution in [0.4, 0.5) is 0 Å². The first-order valence-electron chi connectivity index (χ1n) is 4.40. The summed E-state index contributed by atoms with van der Waals surface area (Å²) in [4.78, 5) is 22.2. The summed E-state index contributed by atoms with van der Waals surface area (Å²) in [7, 11) is 0. The molecule has 1 unspecified atom stereocenters. The molecule has 5 heteroatoms. The highest BCUT2D eigenvalue weighted by molar-refractivity contribution is 5.90. The fourth-order valence-electron chi connectivity index (χ4n) is 1.27. The molecule has 2 fully saturated rings. The van der Waals surface area contributed by atoms with E-state index in [9.17, 15) is 9.59 Å². The fraction of sp³-hybridized carbons (Fsp3) is 0.750. The monoisotopic (exact) mass is 184 g/mol. The van der Waals surface area contributed by atoms with E-state index in [1.54, 1.807) is 0 Å². The molecule has 13 heavy (non-hydrogen) atoms. The minimum absolute atomic E-state index is 0.225. The number of hydrogen-bond acceptors (Lipinski definition) is 4. The van der Waals surface area contributed by atoms with Crippen molar-refractivity contribution in [1.29, 1.82) is 0 Å². The van der Waals surface area contributed by atoms with Gasteiger partial charge in [0.05, 0.1) is 0 Å². The van der Waals surface area contributed by atoms with E-state index in [0.717, 1.165) is 13.0 Å². The van der Waals surface area contributed by atoms with E-state index in [-0.39, 0.29) is 12.0 Å². The van der Waals surface area contributed by atoms with Gasteiger partial charge >= 0.3 is 5.97 Å². The lowest BCUT2D eigenvalue weighted by Gasteiger charge is -2.27. The molecule has 1 amide bonds. The quantitative estimate of drug-likeness (QED) is 0.546. The Bertz CT molecular complexity index is 256. The van der Waals surface area contributed by atoms with Crippen LogP contribution in [-0.2, 0) is 14.3 Å². The van der Waals surface area contributed by atoms with E-state index in [0.29, 0.717) is 12.8 Å². The van der Waals surface area contributed by atoms with Gasteiger partial charge in [0.25, 0.3) is 5.91 Å². The van der Waals surface area contributed by atoms with Crippen LogP contribution in [0.5, 0.6) is 0 Å². The lowest BCUT2D eigenvalue weighted by Crippen LogP contribution is -2.51. The molecule has 1 aliphatic heterocycles. The maximum atomic E-state index is 11.3. The summed E-state index contributed by atoms with van der Waals surface area (Å²) in [6.07, 6.45) is 1.93. The normalized spacial score (nSPS) is 28.8. The summed E-state index contributed by atoms with van der Waals surface area (Å²) < 4.78 is 5.04. The molecule has 5 nitrogen and oxygen atoms in total. The van der Waals surface area contributed by atoms with E-state index in [2.05, 4.69) is 5.32 Å². The number of primary amides is 1. The van der Waals surface area contributed by atoms with Crippen LogP contribution in [0.15, 0.2) is 0 Å². The molecular weight excluding hydrogens is 172 g/mol. The molecular formula is C8H12N2O3. The van der Waals surface area contributed by atoms with Crippen molar-refractivity contribution >= 4 is 11.9 Å². The standard InChI is InChI=1S/C8H12N2O3/c9-7(12)8(2-3-8)13-6(11)5-1-4-10-5/h5,10H,1-4H2,(H2,9,12). The first kappa shape index (κ1) is 8.50. The lowest BCUT2D eigenvalue weighted by molar-refractivity contribution is -0.161. The molecule has 0 radical (unpaired) electrons. The topological polar surface area (TPSA) is 81.4 Å². The predicted molar refractivity (Wildman–Crippen MR) is 43.7 cm³/mol. The Morgan fingerprint density at radius 1 is 1.46 bits per heavy atom. The highest BCUT2D eigenvalue weighted by atomic mass is 16.6. The van der Waals surface area contributed by atoms with E-state index >= 15 is 0 Å². The highest BCUT2D eigenvalue weighted by Gasteiger charge is 2.53. The lowest BCUT2D eigenvalue weighted by atomic mass is 10.1. The van der Waals surface area contributed by atoms with Crippen molar-refractivity contribution in [2.75, 3.05) is 6.54 Å². The summed E-state index contributed by atoms with van der Waals surface area (Å²) in [6, 6.07) is -0.225. The minimum Gasteiger partial charge on any atom is -0.448 e. The first-order chi connectivity index (χ1) is 6.14. The summed E-state index contributed by atoms with van der Waals surface area (Å²) in [5.41, 5.74) is 4.14. The van der Waals surface area contributed by atoms with E-state index in [1.165, 1.54) is 0 Å². The largest absolute Gasteiger partial charge is 0.448 e. The van der Waals surface area contributed by atoms with Gasteiger partial charge in [0.15, 0.2) is 5.60 Å². The van der Waals surface area contributed by atoms with E-state index in [1.807, 2.05) is 0 Å². The van der Waals surface area contributed by atoms with Crippen molar-refractivity contribution in [3.63, 3.8) is 0 Å². The average Bonchev–Trinajstić information content (AvgIpc) is 2.64. The molecule has 0 spiro atoms. The van der Waals surface area contributed by atoms with E-state index in [4.69, 9.17) is 10.5 Å². The maximum absolute atomic E-state index is 11.3. The minimum atomic E-state index is -0.964. The van der Waals surface area contributed by atoms with E-state index < -0.39 is 11.5 Å². The van der Waals surface area contributed by atoms with Crippen molar-refractivity contribution < 1.29 is 14.3 Å². The van der Waals surface area contributed by atoms with Gasteiger partial charge in [0.1, 0.15) is 6.04 Å². The summed E-state index contributed by atoms with van der Waals surface area (Å²) in [5.74, 6) is -0.872. The fourth-order valence-corrected chi connectivity index (χ4v) is 1.27. The molecule has 0 bridgehead atoms. The zero-order valence-electron chi connectivity index (χ0n) is 7.21. The second-order valence-corrected chi connectivity index (χ2v) is 3.58. The summed E-state index contributed by atoms with van der Waals surface area (Å²) in [5, 5.41) is 2.91. The van der Waals surface area contributed by atoms with Gasteiger partial charge in [0.2, 0.25) is 0 Å². The smallest absolute Gasteiger partial charge is 0.324 e. The van der Waals surface area contributed by atoms with Gasteiger partial charge in [-0.3, -0.25) is 9.59 Å². The highest BCUT2D eigenvalue weighted by Crippen LogP contribution is 2.39. The molecule has 1 aliphatic carbocycles. The second-order valence-electron chi connectivity index (χ2n) is 3.58. The third-order valence-electron chi connectivity index (χ3n) is 2.56. The maximum Gasteiger partial charge on any atom is 0.324 e. The molecule has 2 aliphatic rings. The molecule has 1 heterocycles. The molecule has 2 rings (SSSR count). The van der Waals surface area contributed by atoms with Gasteiger partial charge < -0.3 is 15.8 Å². The van der Waals surface area contributed by atoms with Crippen LogP contribution in [0.25, 0.3) is 0 Å². The summed E-state index contributed by atoms with van der Waals surface area (Å²) in [6.45, 7) is 0.837. The second kappa shape index (κ2) is 2.70. The van der Waals surface area contributed by atoms with Crippen LogP contribution in [0, 0.1) is 0 Å². The molecule has 1 saturated carbocycles. The van der Waals surface area contributed by atoms with Crippen molar-refractivity contribution in [3.8, 4) is 0 Å². The first-order valence-corrected chi connectivity index (χ1v) is 4.40. The van der Waals surface area contributed by atoms with Crippen LogP contribution in [0.3, 0.4) is 0 Å². The third kappa shape index (κ3) is 1.39. The number of carbonyl (C=O) groups is 2. The SMILES string of the molecule is NC(=O)C1(OC(=O)C2CCN2)CC1. The molecule has 1 atom stereocenters. The van der Waals surface area contributed by atoms with Gasteiger partial charge in [-0.25, -0.2) is 0 Å². The van der Waals surface area contributed by atoms with Crippen molar-refractivity contribution in [3.05, 3.63) is 0 Å². The number of ether oxygens (including phenoxy) is 1. The average molecular weight is 184 g/mol. The molecule has 0 aromatic heterocycles. The van der Waals surface area contributed by atoms with Crippen molar-refractivity contribution in [1.82, 2.24) is 5.32 Å².